The van der Waals surface area contributed by atoms with Gasteiger partial charge in [-0.05, 0) is 37.7 Å². The topological polar surface area (TPSA) is 53.4 Å². The highest BCUT2D eigenvalue weighted by atomic mass is 19.1. The van der Waals surface area contributed by atoms with Crippen LogP contribution in [-0.2, 0) is 13.1 Å². The zero-order chi connectivity index (χ0) is 17.8. The van der Waals surface area contributed by atoms with Crippen LogP contribution in [0.25, 0.3) is 0 Å². The molecular weight excluding hydrogens is 321 g/mol. The minimum atomic E-state index is -0.291. The normalized spacial score (nSPS) is 15.4. The molecule has 1 saturated heterocycles. The van der Waals surface area contributed by atoms with E-state index < -0.39 is 0 Å². The maximum Gasteiger partial charge on any atom is 0.254 e. The lowest BCUT2D eigenvalue weighted by Crippen LogP contribution is -2.45. The van der Waals surface area contributed by atoms with Gasteiger partial charge in [0.05, 0.1) is 11.8 Å². The second kappa shape index (κ2) is 7.65. The highest BCUT2D eigenvalue weighted by molar-refractivity contribution is 5.93. The largest absolute Gasteiger partial charge is 0.369 e. The van der Waals surface area contributed by atoms with Crippen LogP contribution in [0.5, 0.6) is 0 Å². The maximum absolute atomic E-state index is 13.7. The van der Waals surface area contributed by atoms with Gasteiger partial charge in [-0.2, -0.15) is 5.10 Å². The zero-order valence-electron chi connectivity index (χ0n) is 14.7. The number of amides is 1. The molecule has 1 aliphatic rings. The molecule has 1 aromatic heterocycles. The van der Waals surface area contributed by atoms with Crippen LogP contribution in [0.3, 0.4) is 0 Å². The smallest absolute Gasteiger partial charge is 0.254 e. The second-order valence-electron chi connectivity index (χ2n) is 6.33. The molecule has 1 N–H and O–H groups in total. The molecule has 2 aromatic rings. The van der Waals surface area contributed by atoms with Crippen molar-refractivity contribution in [1.29, 1.82) is 0 Å². The van der Waals surface area contributed by atoms with Crippen LogP contribution in [0.4, 0.5) is 10.1 Å². The number of hydrogen-bond acceptors (Lipinski definition) is 4. The van der Waals surface area contributed by atoms with Gasteiger partial charge in [-0.25, -0.2) is 4.39 Å². The summed E-state index contributed by atoms with van der Waals surface area (Å²) >= 11 is 0. The average molecular weight is 345 g/mol. The molecule has 1 fully saturated rings. The molecule has 6 nitrogen and oxygen atoms in total. The van der Waals surface area contributed by atoms with E-state index in [1.807, 2.05) is 6.92 Å². The third-order valence-corrected chi connectivity index (χ3v) is 4.54. The second-order valence-corrected chi connectivity index (χ2v) is 6.33. The first kappa shape index (κ1) is 17.4. The molecular formula is C18H24FN5O. The molecule has 0 aliphatic carbocycles. The van der Waals surface area contributed by atoms with Crippen molar-refractivity contribution in [2.24, 2.45) is 0 Å². The summed E-state index contributed by atoms with van der Waals surface area (Å²) in [5.41, 5.74) is 2.29. The first-order chi connectivity index (χ1) is 12.1. The lowest BCUT2D eigenvalue weighted by Gasteiger charge is -2.35. The molecule has 1 amide bonds. The van der Waals surface area contributed by atoms with Crippen molar-refractivity contribution in [2.45, 2.75) is 20.0 Å². The summed E-state index contributed by atoms with van der Waals surface area (Å²) in [4.78, 5) is 16.8. The van der Waals surface area contributed by atoms with Crippen LogP contribution < -0.4 is 10.2 Å². The zero-order valence-corrected chi connectivity index (χ0v) is 14.7. The van der Waals surface area contributed by atoms with E-state index in [4.69, 9.17) is 0 Å². The lowest BCUT2D eigenvalue weighted by molar-refractivity contribution is 0.0951. The average Bonchev–Trinajstić information content (AvgIpc) is 3.10. The number of likely N-dealkylation sites (N-methyl/N-ethyl adjacent to an activating group) is 1. The Morgan fingerprint density at radius 2 is 2.04 bits per heavy atom. The first-order valence-corrected chi connectivity index (χ1v) is 8.59. The van der Waals surface area contributed by atoms with Crippen molar-refractivity contribution in [2.75, 3.05) is 38.1 Å². The van der Waals surface area contributed by atoms with Crippen LogP contribution in [0.15, 0.2) is 30.6 Å². The SMILES string of the molecule is CCn1cc(C(=O)NCc2cc(F)ccc2N2CCN(C)CC2)cn1. The van der Waals surface area contributed by atoms with Gasteiger partial charge in [-0.15, -0.1) is 0 Å². The Morgan fingerprint density at radius 1 is 1.28 bits per heavy atom. The summed E-state index contributed by atoms with van der Waals surface area (Å²) in [6, 6.07) is 4.78. The van der Waals surface area contributed by atoms with Crippen LogP contribution in [-0.4, -0.2) is 53.8 Å². The summed E-state index contributed by atoms with van der Waals surface area (Å²) in [7, 11) is 2.10. The fourth-order valence-corrected chi connectivity index (χ4v) is 2.98. The molecule has 0 saturated carbocycles. The lowest BCUT2D eigenvalue weighted by atomic mass is 10.1. The van der Waals surface area contributed by atoms with Gasteiger partial charge in [-0.1, -0.05) is 0 Å². The summed E-state index contributed by atoms with van der Waals surface area (Å²) in [5.74, 6) is -0.491. The molecule has 0 spiro atoms. The Hall–Kier alpha value is -2.41. The minimum absolute atomic E-state index is 0.201. The number of carbonyl (C=O) groups is 1. The van der Waals surface area contributed by atoms with E-state index in [9.17, 15) is 9.18 Å². The van der Waals surface area contributed by atoms with Crippen molar-refractivity contribution < 1.29 is 9.18 Å². The van der Waals surface area contributed by atoms with Gasteiger partial charge in [0, 0.05) is 51.2 Å². The number of benzene rings is 1. The number of nitrogens with zero attached hydrogens (tertiary/aromatic N) is 4. The van der Waals surface area contributed by atoms with E-state index in [1.165, 1.54) is 12.1 Å². The fraction of sp³-hybridized carbons (Fsp3) is 0.444. The molecule has 0 unspecified atom stereocenters. The highest BCUT2D eigenvalue weighted by Crippen LogP contribution is 2.23. The molecule has 1 aliphatic heterocycles. The minimum Gasteiger partial charge on any atom is -0.369 e. The monoisotopic (exact) mass is 345 g/mol. The molecule has 25 heavy (non-hydrogen) atoms. The standard InChI is InChI=1S/C18H24FN5O/c1-3-24-13-15(12-21-24)18(25)20-11-14-10-16(19)4-5-17(14)23-8-6-22(2)7-9-23/h4-5,10,12-13H,3,6-9,11H2,1-2H3,(H,20,25). The van der Waals surface area contributed by atoms with E-state index in [0.717, 1.165) is 37.4 Å². The van der Waals surface area contributed by atoms with E-state index in [-0.39, 0.29) is 18.3 Å². The van der Waals surface area contributed by atoms with Crippen molar-refractivity contribution in [3.05, 3.63) is 47.5 Å². The highest BCUT2D eigenvalue weighted by Gasteiger charge is 2.18. The number of rotatable bonds is 5. The van der Waals surface area contributed by atoms with Crippen molar-refractivity contribution in [3.8, 4) is 0 Å². The number of anilines is 1. The molecule has 0 atom stereocenters. The number of nitrogens with one attached hydrogen (secondary N) is 1. The molecule has 7 heteroatoms. The van der Waals surface area contributed by atoms with Gasteiger partial charge in [0.25, 0.3) is 5.91 Å². The quantitative estimate of drug-likeness (QED) is 0.897. The van der Waals surface area contributed by atoms with Gasteiger partial charge >= 0.3 is 0 Å². The Bertz CT molecular complexity index is 737. The predicted octanol–water partition coefficient (Wildman–Crippen LogP) is 1.72. The molecule has 2 heterocycles. The predicted molar refractivity (Wildman–Crippen MR) is 95.2 cm³/mol. The number of carbonyl (C=O) groups excluding carboxylic acids is 1. The van der Waals surface area contributed by atoms with E-state index in [2.05, 4.69) is 27.3 Å². The van der Waals surface area contributed by atoms with Crippen molar-refractivity contribution in [3.63, 3.8) is 0 Å². The van der Waals surface area contributed by atoms with Crippen molar-refractivity contribution >= 4 is 11.6 Å². The Kier molecular flexibility index (Phi) is 5.33. The van der Waals surface area contributed by atoms with Gasteiger partial charge in [0.2, 0.25) is 0 Å². The van der Waals surface area contributed by atoms with E-state index in [1.54, 1.807) is 23.1 Å². The number of halogens is 1. The third kappa shape index (κ3) is 4.17. The summed E-state index contributed by atoms with van der Waals surface area (Å²) in [5, 5.41) is 6.98. The van der Waals surface area contributed by atoms with Gasteiger partial charge in [-0.3, -0.25) is 9.48 Å². The molecule has 0 bridgehead atoms. The summed E-state index contributed by atoms with van der Waals surface area (Å²) < 4.78 is 15.4. The third-order valence-electron chi connectivity index (χ3n) is 4.54. The fourth-order valence-electron chi connectivity index (χ4n) is 2.98. The first-order valence-electron chi connectivity index (χ1n) is 8.59. The van der Waals surface area contributed by atoms with Crippen LogP contribution in [0.1, 0.15) is 22.8 Å². The van der Waals surface area contributed by atoms with Crippen molar-refractivity contribution in [1.82, 2.24) is 20.0 Å². The number of piperazine rings is 1. The van der Waals surface area contributed by atoms with Crippen LogP contribution in [0, 0.1) is 5.82 Å². The van der Waals surface area contributed by atoms with Crippen LogP contribution >= 0.6 is 0 Å². The molecule has 3 rings (SSSR count). The Balaban J connectivity index is 1.70. The summed E-state index contributed by atoms with van der Waals surface area (Å²) in [6.07, 6.45) is 3.26. The maximum atomic E-state index is 13.7. The van der Waals surface area contributed by atoms with E-state index >= 15 is 0 Å². The Morgan fingerprint density at radius 3 is 2.72 bits per heavy atom. The van der Waals surface area contributed by atoms with Gasteiger partial charge in [0.15, 0.2) is 0 Å². The van der Waals surface area contributed by atoms with Gasteiger partial charge in [0.1, 0.15) is 5.82 Å². The summed E-state index contributed by atoms with van der Waals surface area (Å²) in [6.45, 7) is 6.70. The molecule has 0 radical (unpaired) electrons. The Labute approximate surface area is 147 Å². The van der Waals surface area contributed by atoms with Gasteiger partial charge < -0.3 is 15.1 Å². The van der Waals surface area contributed by atoms with E-state index in [0.29, 0.717) is 12.1 Å². The number of aryl methyl sites for hydroxylation is 1. The molecule has 1 aromatic carbocycles. The number of aromatic nitrogens is 2. The number of hydrogen-bond donors (Lipinski definition) is 1. The molecule has 134 valence electrons. The van der Waals surface area contributed by atoms with Crippen LogP contribution in [0.2, 0.25) is 0 Å².